The maximum absolute atomic E-state index is 16.3. The Balaban J connectivity index is 1.90. The van der Waals surface area contributed by atoms with Crippen molar-refractivity contribution in [2.45, 2.75) is 70.3 Å². The van der Waals surface area contributed by atoms with Crippen LogP contribution in [-0.2, 0) is 11.8 Å². The molecule has 0 saturated heterocycles. The summed E-state index contributed by atoms with van der Waals surface area (Å²) in [6.07, 6.45) is -1.56. The lowest BCUT2D eigenvalue weighted by atomic mass is 9.86. The Kier molecular flexibility index (Phi) is 9.10. The maximum atomic E-state index is 16.3. The molecule has 1 heterocycles. The van der Waals surface area contributed by atoms with Crippen LogP contribution in [0.2, 0.25) is 0 Å². The van der Waals surface area contributed by atoms with Gasteiger partial charge in [0.25, 0.3) is 0 Å². The predicted molar refractivity (Wildman–Crippen MR) is 174 cm³/mol. The van der Waals surface area contributed by atoms with E-state index in [0.29, 0.717) is 0 Å². The molecule has 0 aliphatic heterocycles. The van der Waals surface area contributed by atoms with Gasteiger partial charge in [0.05, 0.1) is 34.5 Å². The Morgan fingerprint density at radius 3 is 1.76 bits per heavy atom. The minimum absolute atomic E-state index is 0.0321. The smallest absolute Gasteiger partial charge is 0.380 e. The lowest BCUT2D eigenvalue weighted by Gasteiger charge is -2.26. The molecule has 49 heavy (non-hydrogen) atoms. The summed E-state index contributed by atoms with van der Waals surface area (Å²) in [6.45, 7) is 9.24. The SMILES string of the molecule is COc1cc(CC2=C(c3c(-c4ccc(C(C)(C)C)cc4)oc4cc(OC)c(OC)cc34)C(F)(F)C(F)(F)C2(F)F)c(OC(C)C)cc1OC. The lowest BCUT2D eigenvalue weighted by molar-refractivity contribution is -0.260. The van der Waals surface area contributed by atoms with Crippen molar-refractivity contribution in [1.29, 1.82) is 0 Å². The van der Waals surface area contributed by atoms with E-state index in [1.54, 1.807) is 38.1 Å². The molecule has 12 heteroatoms. The van der Waals surface area contributed by atoms with E-state index in [2.05, 4.69) is 0 Å². The Labute approximate surface area is 280 Å². The molecule has 5 rings (SSSR count). The standard InChI is InChI=1S/C37H38F6O6/c1-19(2)48-25-17-29(46-8)27(44-6)15-21(25)14-24-32(36(40,41)37(42,43)35(24,38)39)31-23-16-28(45-7)30(47-9)18-26(23)49-33(31)20-10-12-22(13-11-20)34(3,4)5/h10-13,15-19H,14H2,1-9H3. The highest BCUT2D eigenvalue weighted by atomic mass is 19.3. The molecule has 264 valence electrons. The second-order valence-corrected chi connectivity index (χ2v) is 13.1. The fraction of sp³-hybridized carbons (Fsp3) is 0.405. The van der Waals surface area contributed by atoms with E-state index < -0.39 is 47.0 Å². The van der Waals surface area contributed by atoms with E-state index in [4.69, 9.17) is 28.1 Å². The number of methoxy groups -OCH3 is 4. The summed E-state index contributed by atoms with van der Waals surface area (Å²) in [7, 11) is 5.26. The first-order valence-corrected chi connectivity index (χ1v) is 15.4. The average molecular weight is 693 g/mol. The molecule has 0 amide bonds. The third-order valence-electron chi connectivity index (χ3n) is 8.54. The minimum Gasteiger partial charge on any atom is -0.493 e. The van der Waals surface area contributed by atoms with Crippen LogP contribution in [0.5, 0.6) is 28.7 Å². The number of fused-ring (bicyclic) bond motifs is 1. The molecular weight excluding hydrogens is 654 g/mol. The van der Waals surface area contributed by atoms with E-state index in [0.717, 1.165) is 5.56 Å². The fourth-order valence-electron chi connectivity index (χ4n) is 5.99. The Morgan fingerprint density at radius 1 is 0.694 bits per heavy atom. The zero-order valence-electron chi connectivity index (χ0n) is 28.6. The summed E-state index contributed by atoms with van der Waals surface area (Å²) >= 11 is 0. The molecule has 0 saturated carbocycles. The van der Waals surface area contributed by atoms with Gasteiger partial charge in [-0.3, -0.25) is 0 Å². The summed E-state index contributed by atoms with van der Waals surface area (Å²) in [5.74, 6) is -16.4. The third kappa shape index (κ3) is 5.82. The summed E-state index contributed by atoms with van der Waals surface area (Å²) < 4.78 is 129. The molecule has 6 nitrogen and oxygen atoms in total. The van der Waals surface area contributed by atoms with Gasteiger partial charge in [0.15, 0.2) is 23.0 Å². The molecular formula is C37H38F6O6. The monoisotopic (exact) mass is 692 g/mol. The summed E-state index contributed by atoms with van der Waals surface area (Å²) in [5.41, 5.74) is -3.07. The minimum atomic E-state index is -5.81. The van der Waals surface area contributed by atoms with Crippen molar-refractivity contribution < 1.29 is 54.4 Å². The highest BCUT2D eigenvalue weighted by molar-refractivity contribution is 6.03. The van der Waals surface area contributed by atoms with Gasteiger partial charge in [0.1, 0.15) is 17.1 Å². The molecule has 1 aromatic heterocycles. The number of hydrogen-bond donors (Lipinski definition) is 0. The van der Waals surface area contributed by atoms with Crippen molar-refractivity contribution in [2.75, 3.05) is 28.4 Å². The van der Waals surface area contributed by atoms with Gasteiger partial charge in [-0.15, -0.1) is 0 Å². The molecule has 4 aromatic rings. The van der Waals surface area contributed by atoms with E-state index in [1.807, 2.05) is 20.8 Å². The van der Waals surface area contributed by atoms with Crippen molar-refractivity contribution >= 4 is 16.5 Å². The number of benzene rings is 3. The van der Waals surface area contributed by atoms with Gasteiger partial charge in [-0.1, -0.05) is 45.0 Å². The van der Waals surface area contributed by atoms with Crippen molar-refractivity contribution in [3.63, 3.8) is 0 Å². The van der Waals surface area contributed by atoms with Crippen LogP contribution in [0.1, 0.15) is 51.3 Å². The van der Waals surface area contributed by atoms with Gasteiger partial charge in [0.2, 0.25) is 0 Å². The summed E-state index contributed by atoms with van der Waals surface area (Å²) in [6, 6.07) is 11.8. The van der Waals surface area contributed by atoms with Gasteiger partial charge in [-0.05, 0) is 37.0 Å². The topological polar surface area (TPSA) is 59.3 Å². The van der Waals surface area contributed by atoms with Gasteiger partial charge >= 0.3 is 17.8 Å². The first-order valence-electron chi connectivity index (χ1n) is 15.4. The fourth-order valence-corrected chi connectivity index (χ4v) is 5.99. The molecule has 3 aromatic carbocycles. The molecule has 0 atom stereocenters. The summed E-state index contributed by atoms with van der Waals surface area (Å²) in [5, 5.41) is -0.154. The maximum Gasteiger partial charge on any atom is 0.380 e. The molecule has 1 aliphatic carbocycles. The number of rotatable bonds is 10. The van der Waals surface area contributed by atoms with Crippen LogP contribution in [0, 0.1) is 0 Å². The molecule has 1 aliphatic rings. The number of halogens is 6. The van der Waals surface area contributed by atoms with Gasteiger partial charge in [-0.2, -0.15) is 26.3 Å². The van der Waals surface area contributed by atoms with Crippen LogP contribution in [0.25, 0.3) is 27.9 Å². The first kappa shape index (κ1) is 35.8. The van der Waals surface area contributed by atoms with Crippen LogP contribution < -0.4 is 23.7 Å². The van der Waals surface area contributed by atoms with Crippen molar-refractivity contribution in [1.82, 2.24) is 0 Å². The van der Waals surface area contributed by atoms with Crippen LogP contribution in [0.15, 0.2) is 58.5 Å². The quantitative estimate of drug-likeness (QED) is 0.154. The Morgan fingerprint density at radius 2 is 1.22 bits per heavy atom. The van der Waals surface area contributed by atoms with Gasteiger partial charge in [-0.25, -0.2) is 0 Å². The van der Waals surface area contributed by atoms with E-state index in [-0.39, 0.29) is 62.0 Å². The van der Waals surface area contributed by atoms with E-state index in [1.165, 1.54) is 52.7 Å². The molecule has 0 spiro atoms. The molecule has 0 unspecified atom stereocenters. The number of alkyl halides is 6. The van der Waals surface area contributed by atoms with Crippen molar-refractivity contribution in [3.8, 4) is 40.1 Å². The largest absolute Gasteiger partial charge is 0.493 e. The number of furan rings is 1. The predicted octanol–water partition coefficient (Wildman–Crippen LogP) is 10.1. The van der Waals surface area contributed by atoms with Crippen LogP contribution >= 0.6 is 0 Å². The van der Waals surface area contributed by atoms with Gasteiger partial charge in [0, 0.05) is 51.8 Å². The second-order valence-electron chi connectivity index (χ2n) is 13.1. The zero-order chi connectivity index (χ0) is 36.3. The number of hydrogen-bond acceptors (Lipinski definition) is 6. The third-order valence-corrected chi connectivity index (χ3v) is 8.54. The number of allylic oxidation sites excluding steroid dienone is 2. The number of ether oxygens (including phenoxy) is 5. The molecule has 0 bridgehead atoms. The van der Waals surface area contributed by atoms with Crippen molar-refractivity contribution in [2.24, 2.45) is 0 Å². The lowest BCUT2D eigenvalue weighted by Crippen LogP contribution is -2.49. The van der Waals surface area contributed by atoms with Crippen molar-refractivity contribution in [3.05, 3.63) is 70.8 Å². The van der Waals surface area contributed by atoms with E-state index in [9.17, 15) is 0 Å². The highest BCUT2D eigenvalue weighted by Crippen LogP contribution is 2.64. The first-order chi connectivity index (χ1) is 22.8. The van der Waals surface area contributed by atoms with Gasteiger partial charge < -0.3 is 28.1 Å². The second kappa shape index (κ2) is 12.4. The molecule has 0 radical (unpaired) electrons. The Hall–Kier alpha value is -4.48. The molecule has 0 N–H and O–H groups in total. The normalized spacial score (nSPS) is 16.7. The Bertz CT molecular complexity index is 1900. The van der Waals surface area contributed by atoms with Crippen LogP contribution in [0.4, 0.5) is 26.3 Å². The van der Waals surface area contributed by atoms with E-state index >= 15 is 26.3 Å². The average Bonchev–Trinajstić information content (AvgIpc) is 3.44. The van der Waals surface area contributed by atoms with Crippen LogP contribution in [-0.4, -0.2) is 52.3 Å². The highest BCUT2D eigenvalue weighted by Gasteiger charge is 2.80. The molecule has 0 fully saturated rings. The van der Waals surface area contributed by atoms with Crippen LogP contribution in [0.3, 0.4) is 0 Å². The zero-order valence-corrected chi connectivity index (χ0v) is 28.6. The summed E-state index contributed by atoms with van der Waals surface area (Å²) in [4.78, 5) is 0.